The summed E-state index contributed by atoms with van der Waals surface area (Å²) in [7, 11) is 0. The van der Waals surface area contributed by atoms with Gasteiger partial charge in [-0.15, -0.1) is 0 Å². The summed E-state index contributed by atoms with van der Waals surface area (Å²) >= 11 is 5.78. The molecule has 6 nitrogen and oxygen atoms in total. The molecule has 0 aliphatic rings. The molecule has 0 saturated heterocycles. The van der Waals surface area contributed by atoms with E-state index in [2.05, 4.69) is 0 Å². The maximum absolute atomic E-state index is 11.1. The Balaban J connectivity index is 2.84. The van der Waals surface area contributed by atoms with Gasteiger partial charge in [-0.05, 0) is 18.2 Å². The van der Waals surface area contributed by atoms with Gasteiger partial charge in [0.1, 0.15) is 6.09 Å². The third-order valence-corrected chi connectivity index (χ3v) is 2.48. The molecule has 0 aliphatic carbocycles. The Morgan fingerprint density at radius 1 is 1.63 bits per heavy atom. The monoisotopic (exact) mass is 283 g/mol. The van der Waals surface area contributed by atoms with Gasteiger partial charge in [-0.1, -0.05) is 17.7 Å². The van der Waals surface area contributed by atoms with Gasteiger partial charge in [-0.3, -0.25) is 0 Å². The van der Waals surface area contributed by atoms with Crippen LogP contribution in [0.3, 0.4) is 0 Å². The number of nitrogens with zero attached hydrogens (tertiary/aromatic N) is 2. The van der Waals surface area contributed by atoms with E-state index in [0.717, 1.165) is 4.90 Å². The van der Waals surface area contributed by atoms with Crippen LogP contribution in [0.4, 0.5) is 10.5 Å². The first kappa shape index (κ1) is 15.2. The number of benzene rings is 1. The number of hydrogen-bond donors (Lipinski definition) is 1. The van der Waals surface area contributed by atoms with Crippen molar-refractivity contribution in [3.63, 3.8) is 0 Å². The lowest BCUT2D eigenvalue weighted by molar-refractivity contribution is -0.246. The molecule has 0 radical (unpaired) electrons. The predicted molar refractivity (Wildman–Crippen MR) is 66.6 cm³/mol. The third kappa shape index (κ3) is 4.75. The molecular weight excluding hydrogens is 272 g/mol. The largest absolute Gasteiger partial charge is 0.530 e. The van der Waals surface area contributed by atoms with Crippen molar-refractivity contribution in [3.8, 4) is 6.07 Å². The van der Waals surface area contributed by atoms with E-state index in [-0.39, 0.29) is 19.8 Å². The smallest absolute Gasteiger partial charge is 0.161 e. The number of aliphatic hydroxyl groups is 1. The minimum Gasteiger partial charge on any atom is -0.530 e. The Hall–Kier alpha value is -1.81. The lowest BCUT2D eigenvalue weighted by Crippen LogP contribution is -2.45. The average molecular weight is 284 g/mol. The number of ether oxygens (including phenoxy) is 1. The molecule has 1 amide bonds. The van der Waals surface area contributed by atoms with Crippen LogP contribution in [0.1, 0.15) is 0 Å². The Bertz CT molecular complexity index is 475. The summed E-state index contributed by atoms with van der Waals surface area (Å²) in [4.78, 5) is 12.0. The normalized spacial score (nSPS) is 11.6. The van der Waals surface area contributed by atoms with Crippen molar-refractivity contribution in [2.75, 3.05) is 24.7 Å². The van der Waals surface area contributed by atoms with Gasteiger partial charge in [0.2, 0.25) is 0 Å². The van der Waals surface area contributed by atoms with Gasteiger partial charge in [0.25, 0.3) is 0 Å². The van der Waals surface area contributed by atoms with Gasteiger partial charge in [0.15, 0.2) is 6.10 Å². The average Bonchev–Trinajstić information content (AvgIpc) is 2.38. The minimum absolute atomic E-state index is 0.0470. The van der Waals surface area contributed by atoms with E-state index in [0.29, 0.717) is 10.7 Å². The molecule has 1 aromatic rings. The van der Waals surface area contributed by atoms with Crippen LogP contribution in [0.2, 0.25) is 5.02 Å². The highest BCUT2D eigenvalue weighted by molar-refractivity contribution is 6.30. The number of hydrogen-bond acceptors (Lipinski definition) is 5. The van der Waals surface area contributed by atoms with Gasteiger partial charge in [0.05, 0.1) is 25.8 Å². The summed E-state index contributed by atoms with van der Waals surface area (Å²) in [6.45, 7) is -0.519. The molecular formula is C12H12ClN2O4-. The van der Waals surface area contributed by atoms with Crippen LogP contribution < -0.4 is 10.0 Å². The summed E-state index contributed by atoms with van der Waals surface area (Å²) in [6, 6.07) is 7.97. The van der Waals surface area contributed by atoms with Crippen molar-refractivity contribution >= 4 is 23.4 Å². The Kier molecular flexibility index (Phi) is 6.09. The molecule has 1 atom stereocenters. The number of anilines is 1. The van der Waals surface area contributed by atoms with Crippen LogP contribution in [-0.2, 0) is 4.74 Å². The fourth-order valence-corrected chi connectivity index (χ4v) is 1.61. The summed E-state index contributed by atoms with van der Waals surface area (Å²) in [5.74, 6) is 0. The zero-order valence-electron chi connectivity index (χ0n) is 9.95. The van der Waals surface area contributed by atoms with Gasteiger partial charge >= 0.3 is 0 Å². The van der Waals surface area contributed by atoms with Crippen LogP contribution in [0.25, 0.3) is 0 Å². The first-order valence-corrected chi connectivity index (χ1v) is 5.82. The van der Waals surface area contributed by atoms with Crippen molar-refractivity contribution in [2.45, 2.75) is 6.10 Å². The quantitative estimate of drug-likeness (QED) is 0.814. The molecule has 1 aromatic carbocycles. The van der Waals surface area contributed by atoms with E-state index >= 15 is 0 Å². The molecule has 0 fully saturated rings. The van der Waals surface area contributed by atoms with Crippen molar-refractivity contribution in [1.82, 2.24) is 0 Å². The first-order chi connectivity index (χ1) is 9.08. The lowest BCUT2D eigenvalue weighted by atomic mass is 10.2. The van der Waals surface area contributed by atoms with E-state index in [9.17, 15) is 9.90 Å². The minimum atomic E-state index is -1.46. The number of carboxylic acid groups (broad SMARTS) is 1. The zero-order chi connectivity index (χ0) is 14.3. The highest BCUT2D eigenvalue weighted by atomic mass is 35.5. The van der Waals surface area contributed by atoms with E-state index in [1.54, 1.807) is 12.1 Å². The predicted octanol–water partition coefficient (Wildman–Crippen LogP) is 0.391. The molecule has 0 spiro atoms. The van der Waals surface area contributed by atoms with E-state index in [4.69, 9.17) is 26.7 Å². The molecule has 0 aliphatic heterocycles. The molecule has 0 aromatic heterocycles. The maximum atomic E-state index is 11.1. The van der Waals surface area contributed by atoms with Crippen molar-refractivity contribution in [1.29, 1.82) is 5.26 Å². The Morgan fingerprint density at radius 3 is 2.89 bits per heavy atom. The number of aliphatic hydroxyl groups excluding tert-OH is 1. The second kappa shape index (κ2) is 7.59. The molecule has 0 bridgehead atoms. The lowest BCUT2D eigenvalue weighted by Gasteiger charge is -2.27. The van der Waals surface area contributed by atoms with Crippen molar-refractivity contribution < 1.29 is 19.7 Å². The van der Waals surface area contributed by atoms with Gasteiger partial charge < -0.3 is 24.6 Å². The van der Waals surface area contributed by atoms with Crippen LogP contribution in [0.15, 0.2) is 24.3 Å². The molecule has 7 heteroatoms. The molecule has 1 unspecified atom stereocenters. The first-order valence-electron chi connectivity index (χ1n) is 5.44. The number of amides is 1. The van der Waals surface area contributed by atoms with Gasteiger partial charge in [-0.2, -0.15) is 5.26 Å². The van der Waals surface area contributed by atoms with Crippen LogP contribution in [-0.4, -0.2) is 37.1 Å². The number of carbonyl (C=O) groups excluding carboxylic acids is 1. The molecule has 0 heterocycles. The highest BCUT2D eigenvalue weighted by Gasteiger charge is 2.16. The fraction of sp³-hybridized carbons (Fsp3) is 0.333. The zero-order valence-corrected chi connectivity index (χ0v) is 10.7. The highest BCUT2D eigenvalue weighted by Crippen LogP contribution is 2.19. The molecule has 19 heavy (non-hydrogen) atoms. The number of nitriles is 1. The summed E-state index contributed by atoms with van der Waals surface area (Å²) in [5.41, 5.74) is 0.292. The fourth-order valence-electron chi connectivity index (χ4n) is 1.42. The maximum Gasteiger partial charge on any atom is 0.161 e. The topological polar surface area (TPSA) is 96.6 Å². The standard InChI is InChI=1S/C12H13ClN2O4/c13-9-2-1-3-10(6-9)15(12(17)18)8-11(7-14)19-5-4-16/h1-3,6,11,16H,4-5,8H2,(H,17,18)/p-1. The molecule has 1 rings (SSSR count). The van der Waals surface area contributed by atoms with Crippen molar-refractivity contribution in [2.24, 2.45) is 0 Å². The summed E-state index contributed by atoms with van der Waals surface area (Å²) in [5, 5.41) is 28.9. The van der Waals surface area contributed by atoms with Gasteiger partial charge in [-0.25, -0.2) is 0 Å². The summed E-state index contributed by atoms with van der Waals surface area (Å²) in [6.07, 6.45) is -2.46. The van der Waals surface area contributed by atoms with Crippen LogP contribution in [0, 0.1) is 11.3 Å². The van der Waals surface area contributed by atoms with Crippen molar-refractivity contribution in [3.05, 3.63) is 29.3 Å². The molecule has 0 saturated carbocycles. The van der Waals surface area contributed by atoms with E-state index < -0.39 is 12.2 Å². The SMILES string of the molecule is N#CC(CN(C(=O)[O-])c1cccc(Cl)c1)OCCO. The number of carbonyl (C=O) groups is 1. The van der Waals surface area contributed by atoms with E-state index in [1.165, 1.54) is 12.1 Å². The summed E-state index contributed by atoms with van der Waals surface area (Å²) < 4.78 is 5.00. The molecule has 102 valence electrons. The third-order valence-electron chi connectivity index (χ3n) is 2.24. The van der Waals surface area contributed by atoms with Gasteiger partial charge in [0, 0.05) is 10.7 Å². The Morgan fingerprint density at radius 2 is 2.37 bits per heavy atom. The van der Waals surface area contributed by atoms with Crippen LogP contribution in [0.5, 0.6) is 0 Å². The van der Waals surface area contributed by atoms with E-state index in [1.807, 2.05) is 6.07 Å². The number of rotatable bonds is 6. The number of halogens is 1. The van der Waals surface area contributed by atoms with Crippen LogP contribution >= 0.6 is 11.6 Å². The second-order valence-corrected chi connectivity index (χ2v) is 4.00. The Labute approximate surface area is 115 Å². The second-order valence-electron chi connectivity index (χ2n) is 3.57. The molecule has 1 N–H and O–H groups in total.